The number of rotatable bonds is 1. The van der Waals surface area contributed by atoms with Gasteiger partial charge in [-0.2, -0.15) is 5.26 Å². The van der Waals surface area contributed by atoms with Crippen LogP contribution >= 0.6 is 0 Å². The third kappa shape index (κ3) is 2.10. The summed E-state index contributed by atoms with van der Waals surface area (Å²) in [6.07, 6.45) is 0. The lowest BCUT2D eigenvalue weighted by molar-refractivity contribution is -0.114. The van der Waals surface area contributed by atoms with E-state index in [-0.39, 0.29) is 5.56 Å². The van der Waals surface area contributed by atoms with Gasteiger partial charge >= 0.3 is 0 Å². The highest BCUT2D eigenvalue weighted by molar-refractivity contribution is 5.96. The van der Waals surface area contributed by atoms with Gasteiger partial charge < -0.3 is 4.90 Å². The molecule has 0 heterocycles. The van der Waals surface area contributed by atoms with Crippen molar-refractivity contribution in [1.82, 2.24) is 0 Å². The molecular weight excluding hydrogens is 202 g/mol. The number of hydrogen-bond acceptors (Lipinski definition) is 2. The average molecular weight is 209 g/mol. The van der Waals surface area contributed by atoms with Crippen molar-refractivity contribution in [2.75, 3.05) is 11.9 Å². The van der Waals surface area contributed by atoms with Gasteiger partial charge in [0.15, 0.2) is 11.6 Å². The standard InChI is InChI=1S/C10H7F2N2O/c1-6(15)14(2)10-8(11)3-7(5-13)4-9(10)12/h3-4H,1H2,2H3. The van der Waals surface area contributed by atoms with Gasteiger partial charge in [0, 0.05) is 14.0 Å². The second-order valence-electron chi connectivity index (χ2n) is 2.85. The number of anilines is 1. The lowest BCUT2D eigenvalue weighted by atomic mass is 10.2. The molecule has 0 aliphatic heterocycles. The molecule has 1 amide bonds. The molecule has 0 N–H and O–H groups in total. The summed E-state index contributed by atoms with van der Waals surface area (Å²) in [6.45, 7) is 3.03. The number of amides is 1. The first-order valence-electron chi connectivity index (χ1n) is 3.96. The second-order valence-corrected chi connectivity index (χ2v) is 2.85. The van der Waals surface area contributed by atoms with E-state index in [1.54, 1.807) is 6.07 Å². The molecule has 0 aromatic heterocycles. The minimum Gasteiger partial charge on any atom is -0.310 e. The van der Waals surface area contributed by atoms with Gasteiger partial charge in [-0.25, -0.2) is 8.78 Å². The molecule has 0 spiro atoms. The number of carbonyl (C=O) groups excluding carboxylic acids is 1. The van der Waals surface area contributed by atoms with E-state index >= 15 is 0 Å². The van der Waals surface area contributed by atoms with Crippen LogP contribution in [0.15, 0.2) is 12.1 Å². The third-order valence-corrected chi connectivity index (χ3v) is 1.86. The quantitative estimate of drug-likeness (QED) is 0.705. The van der Waals surface area contributed by atoms with Crippen molar-refractivity contribution in [3.05, 3.63) is 36.3 Å². The number of halogens is 2. The Morgan fingerprint density at radius 3 is 2.27 bits per heavy atom. The van der Waals surface area contributed by atoms with Gasteiger partial charge in [-0.3, -0.25) is 4.79 Å². The second kappa shape index (κ2) is 4.05. The highest BCUT2D eigenvalue weighted by Gasteiger charge is 2.17. The van der Waals surface area contributed by atoms with E-state index < -0.39 is 23.2 Å². The van der Waals surface area contributed by atoms with Crippen LogP contribution in [-0.2, 0) is 4.79 Å². The molecule has 3 nitrogen and oxygen atoms in total. The van der Waals surface area contributed by atoms with Crippen molar-refractivity contribution in [1.29, 1.82) is 5.26 Å². The fourth-order valence-corrected chi connectivity index (χ4v) is 1.08. The Morgan fingerprint density at radius 2 is 1.93 bits per heavy atom. The summed E-state index contributed by atoms with van der Waals surface area (Å²) in [4.78, 5) is 11.6. The van der Waals surface area contributed by atoms with Crippen LogP contribution in [0.1, 0.15) is 5.56 Å². The number of nitriles is 1. The zero-order valence-corrected chi connectivity index (χ0v) is 7.92. The van der Waals surface area contributed by atoms with Crippen molar-refractivity contribution in [3.8, 4) is 6.07 Å². The van der Waals surface area contributed by atoms with Crippen LogP contribution in [0.25, 0.3) is 0 Å². The Labute approximate surface area is 85.5 Å². The Hall–Kier alpha value is -1.96. The van der Waals surface area contributed by atoms with Crippen molar-refractivity contribution < 1.29 is 13.6 Å². The largest absolute Gasteiger partial charge is 0.310 e. The summed E-state index contributed by atoms with van der Waals surface area (Å²) >= 11 is 0. The first-order chi connectivity index (χ1) is 6.97. The fraction of sp³-hybridized carbons (Fsp3) is 0.100. The summed E-state index contributed by atoms with van der Waals surface area (Å²) in [7, 11) is 1.20. The Balaban J connectivity index is 3.33. The normalized spacial score (nSPS) is 9.53. The Kier molecular flexibility index (Phi) is 3.00. The summed E-state index contributed by atoms with van der Waals surface area (Å²) in [6, 6.07) is 3.32. The zero-order valence-electron chi connectivity index (χ0n) is 7.92. The molecule has 77 valence electrons. The maximum absolute atomic E-state index is 13.3. The molecular formula is C10H7F2N2O. The number of carbonyl (C=O) groups is 1. The summed E-state index contributed by atoms with van der Waals surface area (Å²) in [5.41, 5.74) is -0.646. The van der Waals surface area contributed by atoms with E-state index in [2.05, 4.69) is 6.92 Å². The third-order valence-electron chi connectivity index (χ3n) is 1.86. The van der Waals surface area contributed by atoms with Crippen molar-refractivity contribution >= 4 is 11.6 Å². The van der Waals surface area contributed by atoms with E-state index in [4.69, 9.17) is 5.26 Å². The summed E-state index contributed by atoms with van der Waals surface area (Å²) < 4.78 is 26.6. The van der Waals surface area contributed by atoms with Gasteiger partial charge in [-0.05, 0) is 12.1 Å². The molecule has 1 aromatic carbocycles. The fourth-order valence-electron chi connectivity index (χ4n) is 1.08. The molecule has 0 saturated heterocycles. The summed E-state index contributed by atoms with van der Waals surface area (Å²) in [5.74, 6) is -2.67. The molecule has 1 radical (unpaired) electrons. The van der Waals surface area contributed by atoms with Crippen molar-refractivity contribution in [2.24, 2.45) is 0 Å². The molecule has 0 bridgehead atoms. The van der Waals surface area contributed by atoms with Crippen LogP contribution < -0.4 is 4.90 Å². The predicted molar refractivity (Wildman–Crippen MR) is 49.8 cm³/mol. The first-order valence-corrected chi connectivity index (χ1v) is 3.96. The van der Waals surface area contributed by atoms with E-state index in [1.807, 2.05) is 0 Å². The van der Waals surface area contributed by atoms with Crippen molar-refractivity contribution in [2.45, 2.75) is 0 Å². The lowest BCUT2D eigenvalue weighted by Crippen LogP contribution is -2.25. The number of nitrogens with zero attached hydrogens (tertiary/aromatic N) is 2. The zero-order chi connectivity index (χ0) is 11.6. The minimum atomic E-state index is -0.967. The van der Waals surface area contributed by atoms with Crippen molar-refractivity contribution in [3.63, 3.8) is 0 Å². The number of hydrogen-bond donors (Lipinski definition) is 0. The van der Waals surface area contributed by atoms with Gasteiger partial charge in [0.25, 0.3) is 0 Å². The molecule has 0 atom stereocenters. The van der Waals surface area contributed by atoms with Crippen LogP contribution in [-0.4, -0.2) is 13.0 Å². The maximum Gasteiger partial charge on any atom is 0.227 e. The van der Waals surface area contributed by atoms with Gasteiger partial charge in [-0.15, -0.1) is 0 Å². The maximum atomic E-state index is 13.3. The minimum absolute atomic E-state index is 0.140. The first kappa shape index (κ1) is 11.1. The van der Waals surface area contributed by atoms with Gasteiger partial charge in [0.1, 0.15) is 5.69 Å². The van der Waals surface area contributed by atoms with Gasteiger partial charge in [0.05, 0.1) is 11.6 Å². The van der Waals surface area contributed by atoms with Crippen LogP contribution in [0.2, 0.25) is 0 Å². The van der Waals surface area contributed by atoms with E-state index in [0.717, 1.165) is 17.0 Å². The van der Waals surface area contributed by atoms with Crippen LogP contribution in [0.4, 0.5) is 14.5 Å². The molecule has 5 heteroatoms. The molecule has 0 aliphatic carbocycles. The van der Waals surface area contributed by atoms with Crippen LogP contribution in [0, 0.1) is 29.9 Å². The monoisotopic (exact) mass is 209 g/mol. The predicted octanol–water partition coefficient (Wildman–Crippen LogP) is 1.63. The van der Waals surface area contributed by atoms with E-state index in [9.17, 15) is 13.6 Å². The molecule has 0 saturated carbocycles. The van der Waals surface area contributed by atoms with E-state index in [0.29, 0.717) is 0 Å². The van der Waals surface area contributed by atoms with Crippen LogP contribution in [0.5, 0.6) is 0 Å². The van der Waals surface area contributed by atoms with Gasteiger partial charge in [-0.1, -0.05) is 0 Å². The Morgan fingerprint density at radius 1 is 1.47 bits per heavy atom. The molecule has 1 aromatic rings. The van der Waals surface area contributed by atoms with Crippen LogP contribution in [0.3, 0.4) is 0 Å². The SMILES string of the molecule is [CH2]C(=O)N(C)c1c(F)cc(C#N)cc1F. The molecule has 15 heavy (non-hydrogen) atoms. The van der Waals surface area contributed by atoms with E-state index in [1.165, 1.54) is 7.05 Å². The lowest BCUT2D eigenvalue weighted by Gasteiger charge is -2.16. The molecule has 0 fully saturated rings. The average Bonchev–Trinajstić information content (AvgIpc) is 2.16. The highest BCUT2D eigenvalue weighted by atomic mass is 19.1. The highest BCUT2D eigenvalue weighted by Crippen LogP contribution is 2.23. The smallest absolute Gasteiger partial charge is 0.227 e. The molecule has 0 unspecified atom stereocenters. The molecule has 0 aliphatic rings. The Bertz CT molecular complexity index is 428. The topological polar surface area (TPSA) is 44.1 Å². The molecule has 1 rings (SSSR count). The number of benzene rings is 1. The van der Waals surface area contributed by atoms with Gasteiger partial charge in [0.2, 0.25) is 5.91 Å². The summed E-state index contributed by atoms with van der Waals surface area (Å²) in [5, 5.41) is 8.45.